The van der Waals surface area contributed by atoms with Crippen LogP contribution in [0.1, 0.15) is 56.5 Å². The van der Waals surface area contributed by atoms with Gasteiger partial charge in [-0.25, -0.2) is 9.78 Å². The van der Waals surface area contributed by atoms with Gasteiger partial charge in [0.2, 0.25) is 0 Å². The maximum Gasteiger partial charge on any atom is 0.354 e. The summed E-state index contributed by atoms with van der Waals surface area (Å²) in [7, 11) is 0. The molecule has 1 aliphatic heterocycles. The van der Waals surface area contributed by atoms with Crippen LogP contribution >= 0.6 is 0 Å². The summed E-state index contributed by atoms with van der Waals surface area (Å²) in [6.45, 7) is 5.51. The minimum atomic E-state index is -1.19. The zero-order chi connectivity index (χ0) is 20.3. The maximum atomic E-state index is 12.7. The number of aromatic nitrogens is 1. The first kappa shape index (κ1) is 19.5. The molecule has 0 aliphatic carbocycles. The Morgan fingerprint density at radius 1 is 1.18 bits per heavy atom. The zero-order valence-corrected chi connectivity index (χ0v) is 15.9. The summed E-state index contributed by atoms with van der Waals surface area (Å²) >= 11 is 0. The predicted octanol–water partition coefficient (Wildman–Crippen LogP) is 3.21. The van der Waals surface area contributed by atoms with E-state index < -0.39 is 11.9 Å². The molecule has 1 fully saturated rings. The van der Waals surface area contributed by atoms with Crippen LogP contribution in [0.3, 0.4) is 0 Å². The van der Waals surface area contributed by atoms with Crippen LogP contribution in [0.15, 0.2) is 36.5 Å². The minimum Gasteiger partial charge on any atom is -0.477 e. The van der Waals surface area contributed by atoms with Crippen LogP contribution in [0.5, 0.6) is 0 Å². The minimum absolute atomic E-state index is 0.00719. The standard InChI is InChI=1S/C21H23N3O4/c1-13-4-3-9-24(12-13)20(26)16-5-6-17(14(2)10-16)23-19(25)15-7-8-22-18(11-15)21(27)28/h5-8,10-11,13H,3-4,9,12H2,1-2H3,(H,23,25)(H,27,28). The van der Waals surface area contributed by atoms with Crippen LogP contribution in [0.25, 0.3) is 0 Å². The van der Waals surface area contributed by atoms with Crippen LogP contribution in [0.2, 0.25) is 0 Å². The summed E-state index contributed by atoms with van der Waals surface area (Å²) in [6, 6.07) is 7.86. The second kappa shape index (κ2) is 8.21. The number of rotatable bonds is 4. The van der Waals surface area contributed by atoms with Gasteiger partial charge in [0.15, 0.2) is 0 Å². The Kier molecular flexibility index (Phi) is 5.73. The number of carbonyl (C=O) groups is 3. The van der Waals surface area contributed by atoms with E-state index in [0.29, 0.717) is 17.2 Å². The quantitative estimate of drug-likeness (QED) is 0.847. The molecule has 0 spiro atoms. The van der Waals surface area contributed by atoms with Gasteiger partial charge in [-0.05, 0) is 61.6 Å². The van der Waals surface area contributed by atoms with Crippen molar-refractivity contribution in [1.29, 1.82) is 0 Å². The van der Waals surface area contributed by atoms with Gasteiger partial charge in [0, 0.05) is 36.1 Å². The second-order valence-corrected chi connectivity index (χ2v) is 7.22. The van der Waals surface area contributed by atoms with Crippen molar-refractivity contribution >= 4 is 23.5 Å². The molecule has 2 aromatic rings. The molecule has 1 aliphatic rings. The van der Waals surface area contributed by atoms with Crippen molar-refractivity contribution < 1.29 is 19.5 Å². The van der Waals surface area contributed by atoms with Gasteiger partial charge in [0.25, 0.3) is 11.8 Å². The van der Waals surface area contributed by atoms with Crippen LogP contribution in [0, 0.1) is 12.8 Å². The Labute approximate surface area is 163 Å². The lowest BCUT2D eigenvalue weighted by Gasteiger charge is -2.31. The summed E-state index contributed by atoms with van der Waals surface area (Å²) < 4.78 is 0. The number of carboxylic acids is 1. The van der Waals surface area contributed by atoms with Gasteiger partial charge < -0.3 is 15.3 Å². The van der Waals surface area contributed by atoms with Gasteiger partial charge in [-0.1, -0.05) is 6.92 Å². The van der Waals surface area contributed by atoms with Gasteiger partial charge in [-0.2, -0.15) is 0 Å². The molecule has 0 saturated carbocycles. The molecule has 7 nitrogen and oxygen atoms in total. The topological polar surface area (TPSA) is 99.6 Å². The van der Waals surface area contributed by atoms with E-state index in [1.807, 2.05) is 11.8 Å². The number of carboxylic acid groups (broad SMARTS) is 1. The summed E-state index contributed by atoms with van der Waals surface area (Å²) in [4.78, 5) is 41.8. The van der Waals surface area contributed by atoms with E-state index in [1.54, 1.807) is 18.2 Å². The molecule has 146 valence electrons. The van der Waals surface area contributed by atoms with Crippen molar-refractivity contribution in [2.45, 2.75) is 26.7 Å². The van der Waals surface area contributed by atoms with Crippen molar-refractivity contribution in [3.8, 4) is 0 Å². The van der Waals surface area contributed by atoms with Crippen molar-refractivity contribution in [2.75, 3.05) is 18.4 Å². The average molecular weight is 381 g/mol. The lowest BCUT2D eigenvalue weighted by Crippen LogP contribution is -2.39. The number of hydrogen-bond donors (Lipinski definition) is 2. The molecular formula is C21H23N3O4. The van der Waals surface area contributed by atoms with Crippen molar-refractivity contribution in [3.05, 3.63) is 58.9 Å². The van der Waals surface area contributed by atoms with Gasteiger partial charge in [-0.15, -0.1) is 0 Å². The van der Waals surface area contributed by atoms with Gasteiger partial charge in [-0.3, -0.25) is 9.59 Å². The molecule has 0 bridgehead atoms. The smallest absolute Gasteiger partial charge is 0.354 e. The highest BCUT2D eigenvalue weighted by molar-refractivity contribution is 6.06. The fourth-order valence-electron chi connectivity index (χ4n) is 3.38. The maximum absolute atomic E-state index is 12.7. The van der Waals surface area contributed by atoms with E-state index in [4.69, 9.17) is 5.11 Å². The molecular weight excluding hydrogens is 358 g/mol. The average Bonchev–Trinajstić information content (AvgIpc) is 2.69. The molecule has 1 unspecified atom stereocenters. The first-order valence-electron chi connectivity index (χ1n) is 9.26. The van der Waals surface area contributed by atoms with Gasteiger partial charge in [0.1, 0.15) is 5.69 Å². The molecule has 1 atom stereocenters. The molecule has 1 aromatic heterocycles. The highest BCUT2D eigenvalue weighted by atomic mass is 16.4. The number of nitrogens with zero attached hydrogens (tertiary/aromatic N) is 2. The number of anilines is 1. The normalized spacial score (nSPS) is 16.5. The molecule has 2 heterocycles. The molecule has 3 rings (SSSR count). The number of pyridine rings is 1. The number of hydrogen-bond acceptors (Lipinski definition) is 4. The largest absolute Gasteiger partial charge is 0.477 e. The Bertz CT molecular complexity index is 926. The summed E-state index contributed by atoms with van der Waals surface area (Å²) in [6.07, 6.45) is 3.45. The third kappa shape index (κ3) is 4.36. The number of likely N-dealkylation sites (tertiary alicyclic amines) is 1. The number of carbonyl (C=O) groups excluding carboxylic acids is 2. The molecule has 28 heavy (non-hydrogen) atoms. The molecule has 0 radical (unpaired) electrons. The first-order chi connectivity index (χ1) is 13.3. The van der Waals surface area contributed by atoms with Crippen LogP contribution in [-0.2, 0) is 0 Å². The Morgan fingerprint density at radius 3 is 2.64 bits per heavy atom. The fraction of sp³-hybridized carbons (Fsp3) is 0.333. The number of aromatic carboxylic acids is 1. The van der Waals surface area contributed by atoms with E-state index >= 15 is 0 Å². The van der Waals surface area contributed by atoms with E-state index in [0.717, 1.165) is 31.5 Å². The first-order valence-corrected chi connectivity index (χ1v) is 9.26. The number of aryl methyl sites for hydroxylation is 1. The highest BCUT2D eigenvalue weighted by Crippen LogP contribution is 2.22. The molecule has 2 amide bonds. The summed E-state index contributed by atoms with van der Waals surface area (Å²) in [5, 5.41) is 11.8. The molecule has 1 saturated heterocycles. The highest BCUT2D eigenvalue weighted by Gasteiger charge is 2.22. The summed E-state index contributed by atoms with van der Waals surface area (Å²) in [5.41, 5.74) is 1.94. The van der Waals surface area contributed by atoms with E-state index in [1.165, 1.54) is 18.3 Å². The Morgan fingerprint density at radius 2 is 1.96 bits per heavy atom. The van der Waals surface area contributed by atoms with E-state index in [2.05, 4.69) is 17.2 Å². The molecule has 1 aromatic carbocycles. The van der Waals surface area contributed by atoms with Gasteiger partial charge >= 0.3 is 5.97 Å². The number of amides is 2. The van der Waals surface area contributed by atoms with Crippen molar-refractivity contribution in [3.63, 3.8) is 0 Å². The third-order valence-corrected chi connectivity index (χ3v) is 4.91. The van der Waals surface area contributed by atoms with Gasteiger partial charge in [0.05, 0.1) is 0 Å². The van der Waals surface area contributed by atoms with E-state index in [-0.39, 0.29) is 17.2 Å². The SMILES string of the molecule is Cc1cc(C(=O)N2CCCC(C)C2)ccc1NC(=O)c1ccnc(C(=O)O)c1. The Hall–Kier alpha value is -3.22. The van der Waals surface area contributed by atoms with E-state index in [9.17, 15) is 14.4 Å². The third-order valence-electron chi connectivity index (χ3n) is 4.91. The second-order valence-electron chi connectivity index (χ2n) is 7.22. The Balaban J connectivity index is 1.73. The lowest BCUT2D eigenvalue weighted by atomic mass is 9.99. The number of benzene rings is 1. The van der Waals surface area contributed by atoms with Crippen LogP contribution < -0.4 is 5.32 Å². The molecule has 7 heteroatoms. The van der Waals surface area contributed by atoms with Crippen LogP contribution in [0.4, 0.5) is 5.69 Å². The van der Waals surface area contributed by atoms with Crippen molar-refractivity contribution in [1.82, 2.24) is 9.88 Å². The zero-order valence-electron chi connectivity index (χ0n) is 15.9. The summed E-state index contributed by atoms with van der Waals surface area (Å²) in [5.74, 6) is -1.11. The van der Waals surface area contributed by atoms with Crippen molar-refractivity contribution in [2.24, 2.45) is 5.92 Å². The number of nitrogens with one attached hydrogen (secondary N) is 1. The molecule has 2 N–H and O–H groups in total. The lowest BCUT2D eigenvalue weighted by molar-refractivity contribution is 0.0677. The fourth-order valence-corrected chi connectivity index (χ4v) is 3.38. The monoisotopic (exact) mass is 381 g/mol. The van der Waals surface area contributed by atoms with Crippen LogP contribution in [-0.4, -0.2) is 45.9 Å². The number of piperidine rings is 1. The predicted molar refractivity (Wildman–Crippen MR) is 105 cm³/mol.